The number of hydrogen-bond acceptors (Lipinski definition) is 10. The maximum atomic E-state index is 13.0. The highest BCUT2D eigenvalue weighted by Crippen LogP contribution is 2.26. The molecule has 1 saturated heterocycles. The average Bonchev–Trinajstić information content (AvgIpc) is 3.22. The Morgan fingerprint density at radius 1 is 0.600 bits per heavy atom. The minimum absolute atomic E-state index is 0.227. The lowest BCUT2D eigenvalue weighted by Gasteiger charge is -2.41. The second kappa shape index (κ2) is 38.5. The molecule has 0 radical (unpaired) electrons. The number of nitrogens with one attached hydrogen (secondary N) is 1. The average molecular weight is 880 g/mol. The highest BCUT2D eigenvalue weighted by atomic mass is 32.3. The predicted molar refractivity (Wildman–Crippen MR) is 241 cm³/mol. The minimum atomic E-state index is -5.07. The van der Waals surface area contributed by atoms with Crippen molar-refractivity contribution in [2.75, 3.05) is 13.2 Å². The third-order valence-corrected chi connectivity index (χ3v) is 12.6. The van der Waals surface area contributed by atoms with Crippen LogP contribution >= 0.6 is 0 Å². The normalized spacial score (nSPS) is 20.7. The van der Waals surface area contributed by atoms with Crippen molar-refractivity contribution in [2.24, 2.45) is 0 Å². The smallest absolute Gasteiger partial charge is 0.394 e. The van der Waals surface area contributed by atoms with Gasteiger partial charge in [-0.1, -0.05) is 219 Å². The van der Waals surface area contributed by atoms with Gasteiger partial charge in [-0.05, 0) is 12.8 Å². The van der Waals surface area contributed by atoms with Crippen molar-refractivity contribution < 1.29 is 51.8 Å². The molecule has 0 aromatic heterocycles. The van der Waals surface area contributed by atoms with Gasteiger partial charge in [-0.2, -0.15) is 8.42 Å². The molecule has 0 bridgehead atoms. The Hall–Kier alpha value is -0.900. The van der Waals surface area contributed by atoms with Gasteiger partial charge in [0.1, 0.15) is 24.4 Å². The quantitative estimate of drug-likeness (QED) is 0.0252. The number of carbonyl (C=O) groups excluding carboxylic acids is 1. The monoisotopic (exact) mass is 880 g/mol. The van der Waals surface area contributed by atoms with Gasteiger partial charge < -0.3 is 35.2 Å². The number of rotatable bonds is 43. The van der Waals surface area contributed by atoms with Crippen LogP contribution in [0.2, 0.25) is 0 Å². The van der Waals surface area contributed by atoms with Gasteiger partial charge in [0.05, 0.1) is 25.4 Å². The van der Waals surface area contributed by atoms with E-state index in [-0.39, 0.29) is 12.5 Å². The van der Waals surface area contributed by atoms with E-state index in [0.29, 0.717) is 12.8 Å². The number of ether oxygens (including phenoxy) is 2. The molecule has 0 aromatic rings. The van der Waals surface area contributed by atoms with Crippen LogP contribution < -0.4 is 5.32 Å². The lowest BCUT2D eigenvalue weighted by atomic mass is 9.99. The van der Waals surface area contributed by atoms with Gasteiger partial charge in [-0.25, -0.2) is 4.18 Å². The van der Waals surface area contributed by atoms with Crippen LogP contribution in [0, 0.1) is 0 Å². The molecule has 358 valence electrons. The molecule has 1 aliphatic rings. The summed E-state index contributed by atoms with van der Waals surface area (Å²) < 4.78 is 47.7. The number of hydrogen-bond donors (Lipinski definition) is 6. The van der Waals surface area contributed by atoms with Gasteiger partial charge in [0.2, 0.25) is 5.91 Å². The first kappa shape index (κ1) is 57.1. The molecule has 7 unspecified atom stereocenters. The second-order valence-corrected chi connectivity index (χ2v) is 18.8. The van der Waals surface area contributed by atoms with Crippen molar-refractivity contribution in [3.63, 3.8) is 0 Å². The van der Waals surface area contributed by atoms with Crippen LogP contribution in [0.1, 0.15) is 239 Å². The van der Waals surface area contributed by atoms with Crippen LogP contribution in [0.3, 0.4) is 0 Å². The molecule has 1 rings (SSSR count). The number of amides is 1. The van der Waals surface area contributed by atoms with Crippen LogP contribution in [0.4, 0.5) is 0 Å². The molecule has 0 aromatic carbocycles. The summed E-state index contributed by atoms with van der Waals surface area (Å²) >= 11 is 0. The van der Waals surface area contributed by atoms with Crippen LogP contribution in [0.25, 0.3) is 0 Å². The van der Waals surface area contributed by atoms with Gasteiger partial charge in [0.25, 0.3) is 0 Å². The van der Waals surface area contributed by atoms with Crippen molar-refractivity contribution in [3.8, 4) is 0 Å². The fourth-order valence-electron chi connectivity index (χ4n) is 8.28. The molecular formula is C47H93NO11S. The highest BCUT2D eigenvalue weighted by molar-refractivity contribution is 7.80. The summed E-state index contributed by atoms with van der Waals surface area (Å²) in [6.45, 7) is 3.46. The van der Waals surface area contributed by atoms with Gasteiger partial charge in [0.15, 0.2) is 6.29 Å². The first-order valence-electron chi connectivity index (χ1n) is 24.9. The van der Waals surface area contributed by atoms with E-state index in [9.17, 15) is 38.2 Å². The summed E-state index contributed by atoms with van der Waals surface area (Å²) in [7, 11) is -5.07. The van der Waals surface area contributed by atoms with E-state index in [4.69, 9.17) is 9.47 Å². The van der Waals surface area contributed by atoms with Crippen molar-refractivity contribution in [1.29, 1.82) is 0 Å². The molecule has 12 nitrogen and oxygen atoms in total. The van der Waals surface area contributed by atoms with E-state index < -0.39 is 59.9 Å². The lowest BCUT2D eigenvalue weighted by molar-refractivity contribution is -0.298. The Labute approximate surface area is 367 Å². The molecule has 1 heterocycles. The molecule has 6 N–H and O–H groups in total. The van der Waals surface area contributed by atoms with Crippen molar-refractivity contribution in [2.45, 2.75) is 281 Å². The first-order chi connectivity index (χ1) is 29.0. The van der Waals surface area contributed by atoms with E-state index in [0.717, 1.165) is 51.4 Å². The number of unbranched alkanes of at least 4 members (excludes halogenated alkanes) is 31. The summed E-state index contributed by atoms with van der Waals surface area (Å²) in [5, 5.41) is 44.9. The Morgan fingerprint density at radius 2 is 0.967 bits per heavy atom. The van der Waals surface area contributed by atoms with E-state index in [1.54, 1.807) is 0 Å². The van der Waals surface area contributed by atoms with Crippen molar-refractivity contribution in [3.05, 3.63) is 0 Å². The van der Waals surface area contributed by atoms with Gasteiger partial charge in [0, 0.05) is 6.42 Å². The van der Waals surface area contributed by atoms with Gasteiger partial charge >= 0.3 is 10.4 Å². The molecule has 1 aliphatic heterocycles. The maximum absolute atomic E-state index is 13.0. The molecule has 7 atom stereocenters. The summed E-state index contributed by atoms with van der Waals surface area (Å²) in [6.07, 6.45) is 32.5. The van der Waals surface area contributed by atoms with Crippen LogP contribution in [-0.4, -0.2) is 95.4 Å². The summed E-state index contributed by atoms with van der Waals surface area (Å²) in [5.74, 6) is -0.227. The minimum Gasteiger partial charge on any atom is -0.394 e. The summed E-state index contributed by atoms with van der Waals surface area (Å²) in [6, 6.07) is -0.851. The molecule has 0 spiro atoms. The van der Waals surface area contributed by atoms with E-state index in [2.05, 4.69) is 23.3 Å². The fraction of sp³-hybridized carbons (Fsp3) is 0.979. The number of carbonyl (C=O) groups is 1. The Morgan fingerprint density at radius 3 is 1.33 bits per heavy atom. The predicted octanol–water partition coefficient (Wildman–Crippen LogP) is 10.2. The third-order valence-electron chi connectivity index (χ3n) is 12.2. The largest absolute Gasteiger partial charge is 0.397 e. The summed E-state index contributed by atoms with van der Waals surface area (Å²) in [4.78, 5) is 13.0. The third kappa shape index (κ3) is 31.0. The Bertz CT molecular complexity index is 1080. The topological polar surface area (TPSA) is 192 Å². The standard InChI is InChI=1S/C47H93NO11S/c1-3-5-7-9-11-13-15-17-18-19-20-21-22-23-24-25-26-28-30-32-34-36-41(50)40(48-43(51)37-35-33-31-29-27-16-14-12-10-8-6-4-2)39-57-47-45(53)46(59-60(54,55)56)44(52)42(38-49)58-47/h40-42,44-47,49-50,52-53H,3-39H2,1-2H3,(H,48,51)(H,54,55,56). The fourth-order valence-corrected chi connectivity index (χ4v) is 8.79. The molecule has 13 heteroatoms. The maximum Gasteiger partial charge on any atom is 0.397 e. The molecule has 1 fully saturated rings. The van der Waals surface area contributed by atoms with Crippen molar-refractivity contribution >= 4 is 16.3 Å². The summed E-state index contributed by atoms with van der Waals surface area (Å²) in [5.41, 5.74) is 0. The zero-order valence-corrected chi connectivity index (χ0v) is 39.1. The second-order valence-electron chi connectivity index (χ2n) is 17.8. The highest BCUT2D eigenvalue weighted by Gasteiger charge is 2.48. The molecule has 1 amide bonds. The lowest BCUT2D eigenvalue weighted by Crippen LogP contribution is -2.61. The number of aliphatic hydroxyl groups excluding tert-OH is 4. The van der Waals surface area contributed by atoms with Gasteiger partial charge in [-0.3, -0.25) is 9.35 Å². The van der Waals surface area contributed by atoms with Crippen LogP contribution in [0.5, 0.6) is 0 Å². The SMILES string of the molecule is CCCCCCCCCCCCCCCCCCCCCCCC(O)C(COC1OC(CO)C(O)C(OS(=O)(=O)O)C1O)NC(=O)CCCCCCCCCCCCCC. The van der Waals surface area contributed by atoms with Crippen LogP contribution in [-0.2, 0) is 28.9 Å². The molecular weight excluding hydrogens is 787 g/mol. The van der Waals surface area contributed by atoms with Gasteiger partial charge in [-0.15, -0.1) is 0 Å². The Balaban J connectivity index is 2.41. The van der Waals surface area contributed by atoms with E-state index in [1.165, 1.54) is 161 Å². The zero-order valence-electron chi connectivity index (χ0n) is 38.3. The molecule has 60 heavy (non-hydrogen) atoms. The van der Waals surface area contributed by atoms with E-state index in [1.807, 2.05) is 0 Å². The molecule has 0 saturated carbocycles. The Kier molecular flexibility index (Phi) is 36.7. The van der Waals surface area contributed by atoms with Crippen molar-refractivity contribution in [1.82, 2.24) is 5.32 Å². The van der Waals surface area contributed by atoms with E-state index >= 15 is 0 Å². The zero-order chi connectivity index (χ0) is 44.1. The molecule has 0 aliphatic carbocycles. The first-order valence-corrected chi connectivity index (χ1v) is 26.3. The van der Waals surface area contributed by atoms with Crippen LogP contribution in [0.15, 0.2) is 0 Å². The number of aliphatic hydroxyl groups is 4.